The van der Waals surface area contributed by atoms with Crippen molar-refractivity contribution in [3.05, 3.63) is 28.8 Å². The minimum absolute atomic E-state index is 0.0277. The van der Waals surface area contributed by atoms with Crippen molar-refractivity contribution in [2.75, 3.05) is 13.7 Å². The minimum Gasteiger partial charge on any atom is -0.496 e. The van der Waals surface area contributed by atoms with Crippen LogP contribution in [0.1, 0.15) is 24.8 Å². The number of halogens is 1. The first-order valence-electron chi connectivity index (χ1n) is 6.31. The Morgan fingerprint density at radius 2 is 2.28 bits per heavy atom. The maximum absolute atomic E-state index is 11.9. The predicted octanol–water partition coefficient (Wildman–Crippen LogP) is 2.81. The number of hydrogen-bond donors (Lipinski definition) is 1. The number of carbonyl (C=O) groups is 1. The van der Waals surface area contributed by atoms with E-state index in [2.05, 4.69) is 5.32 Å². The molecule has 1 aliphatic rings. The van der Waals surface area contributed by atoms with Gasteiger partial charge in [-0.05, 0) is 43.0 Å². The highest BCUT2D eigenvalue weighted by atomic mass is 35.5. The molecule has 1 aromatic rings. The molecule has 18 heavy (non-hydrogen) atoms. The van der Waals surface area contributed by atoms with Gasteiger partial charge in [-0.2, -0.15) is 0 Å². The van der Waals surface area contributed by atoms with Gasteiger partial charge in [0.1, 0.15) is 5.75 Å². The molecule has 0 spiro atoms. The predicted molar refractivity (Wildman–Crippen MR) is 72.1 cm³/mol. The van der Waals surface area contributed by atoms with E-state index in [0.29, 0.717) is 11.4 Å². The van der Waals surface area contributed by atoms with Gasteiger partial charge >= 0.3 is 0 Å². The van der Waals surface area contributed by atoms with E-state index in [4.69, 9.17) is 16.3 Å². The van der Waals surface area contributed by atoms with Crippen LogP contribution in [0.25, 0.3) is 0 Å². The minimum atomic E-state index is 0.0277. The summed E-state index contributed by atoms with van der Waals surface area (Å²) in [5.41, 5.74) is 1.01. The molecule has 1 N–H and O–H groups in total. The summed E-state index contributed by atoms with van der Waals surface area (Å²) in [7, 11) is 1.64. The molecular weight excluding hydrogens is 250 g/mol. The van der Waals surface area contributed by atoms with Crippen LogP contribution in [-0.4, -0.2) is 19.6 Å². The van der Waals surface area contributed by atoms with E-state index in [0.717, 1.165) is 37.1 Å². The number of benzene rings is 1. The molecule has 2 rings (SSSR count). The molecule has 1 fully saturated rings. The van der Waals surface area contributed by atoms with Gasteiger partial charge < -0.3 is 10.1 Å². The summed E-state index contributed by atoms with van der Waals surface area (Å²) in [6.07, 6.45) is 3.78. The normalized spacial score (nSPS) is 20.1. The SMILES string of the molecule is COc1ccc(Cl)cc1CC1CCCCNC1=O. The quantitative estimate of drug-likeness (QED) is 0.915. The van der Waals surface area contributed by atoms with Crippen molar-refractivity contribution in [1.82, 2.24) is 5.32 Å². The molecule has 1 unspecified atom stereocenters. The molecule has 1 saturated heterocycles. The van der Waals surface area contributed by atoms with Gasteiger partial charge in [-0.1, -0.05) is 18.0 Å². The fraction of sp³-hybridized carbons (Fsp3) is 0.500. The lowest BCUT2D eigenvalue weighted by Crippen LogP contribution is -2.30. The van der Waals surface area contributed by atoms with Crippen molar-refractivity contribution >= 4 is 17.5 Å². The standard InChI is InChI=1S/C14H18ClNO2/c1-18-13-6-5-12(15)9-11(13)8-10-4-2-3-7-16-14(10)17/h5-6,9-10H,2-4,7-8H2,1H3,(H,16,17). The second-order valence-corrected chi connectivity index (χ2v) is 5.08. The third-order valence-electron chi connectivity index (χ3n) is 3.36. The Balaban J connectivity index is 2.16. The second-order valence-electron chi connectivity index (χ2n) is 4.64. The van der Waals surface area contributed by atoms with Crippen LogP contribution >= 0.6 is 11.6 Å². The van der Waals surface area contributed by atoms with E-state index >= 15 is 0 Å². The van der Waals surface area contributed by atoms with Gasteiger partial charge in [0.15, 0.2) is 0 Å². The van der Waals surface area contributed by atoms with Crippen molar-refractivity contribution in [3.63, 3.8) is 0 Å². The van der Waals surface area contributed by atoms with Crippen LogP contribution in [0.5, 0.6) is 5.75 Å². The molecule has 1 atom stereocenters. The Morgan fingerprint density at radius 1 is 1.44 bits per heavy atom. The van der Waals surface area contributed by atoms with Gasteiger partial charge in [-0.15, -0.1) is 0 Å². The van der Waals surface area contributed by atoms with E-state index < -0.39 is 0 Å². The summed E-state index contributed by atoms with van der Waals surface area (Å²) in [5, 5.41) is 3.63. The highest BCUT2D eigenvalue weighted by Gasteiger charge is 2.22. The lowest BCUT2D eigenvalue weighted by Gasteiger charge is -2.15. The smallest absolute Gasteiger partial charge is 0.223 e. The monoisotopic (exact) mass is 267 g/mol. The van der Waals surface area contributed by atoms with Crippen molar-refractivity contribution in [3.8, 4) is 5.75 Å². The third kappa shape index (κ3) is 3.16. The molecule has 0 radical (unpaired) electrons. The van der Waals surface area contributed by atoms with E-state index in [1.165, 1.54) is 0 Å². The van der Waals surface area contributed by atoms with Crippen molar-refractivity contribution in [1.29, 1.82) is 0 Å². The second kappa shape index (κ2) is 6.10. The molecule has 1 amide bonds. The molecule has 0 bridgehead atoms. The Hall–Kier alpha value is -1.22. The summed E-state index contributed by atoms with van der Waals surface area (Å²) in [6, 6.07) is 5.54. The topological polar surface area (TPSA) is 38.3 Å². The van der Waals surface area contributed by atoms with Gasteiger partial charge in [0.2, 0.25) is 5.91 Å². The van der Waals surface area contributed by atoms with Gasteiger partial charge in [0.05, 0.1) is 7.11 Å². The Morgan fingerprint density at radius 3 is 3.06 bits per heavy atom. The van der Waals surface area contributed by atoms with E-state index in [9.17, 15) is 4.79 Å². The fourth-order valence-electron chi connectivity index (χ4n) is 2.37. The molecule has 0 aromatic heterocycles. The summed E-state index contributed by atoms with van der Waals surface area (Å²) in [6.45, 7) is 0.794. The number of hydrogen-bond acceptors (Lipinski definition) is 2. The summed E-state index contributed by atoms with van der Waals surface area (Å²) in [5.74, 6) is 0.978. The molecule has 1 aliphatic heterocycles. The number of amides is 1. The first-order valence-corrected chi connectivity index (χ1v) is 6.68. The molecule has 0 saturated carbocycles. The largest absolute Gasteiger partial charge is 0.496 e. The first kappa shape index (κ1) is 13.2. The van der Waals surface area contributed by atoms with Crippen LogP contribution in [-0.2, 0) is 11.2 Å². The van der Waals surface area contributed by atoms with Gasteiger partial charge in [0.25, 0.3) is 0 Å². The van der Waals surface area contributed by atoms with Gasteiger partial charge in [0, 0.05) is 17.5 Å². The number of carbonyl (C=O) groups excluding carboxylic acids is 1. The highest BCUT2D eigenvalue weighted by Crippen LogP contribution is 2.27. The molecule has 0 aliphatic carbocycles. The van der Waals surface area contributed by atoms with Crippen LogP contribution in [0.2, 0.25) is 5.02 Å². The number of rotatable bonds is 3. The summed E-state index contributed by atoms with van der Waals surface area (Å²) >= 11 is 6.00. The molecule has 98 valence electrons. The van der Waals surface area contributed by atoms with Crippen molar-refractivity contribution < 1.29 is 9.53 Å². The van der Waals surface area contributed by atoms with Crippen LogP contribution in [0.3, 0.4) is 0 Å². The lowest BCUT2D eigenvalue weighted by molar-refractivity contribution is -0.124. The molecule has 1 aromatic carbocycles. The van der Waals surface area contributed by atoms with E-state index in [1.54, 1.807) is 13.2 Å². The molecule has 1 heterocycles. The van der Waals surface area contributed by atoms with Gasteiger partial charge in [-0.25, -0.2) is 0 Å². The average Bonchev–Trinajstić information content (AvgIpc) is 2.55. The Labute approximate surface area is 112 Å². The Kier molecular flexibility index (Phi) is 4.48. The third-order valence-corrected chi connectivity index (χ3v) is 3.59. The maximum Gasteiger partial charge on any atom is 0.223 e. The van der Waals surface area contributed by atoms with Gasteiger partial charge in [-0.3, -0.25) is 4.79 Å². The first-order chi connectivity index (χ1) is 8.70. The Bertz CT molecular complexity index is 434. The number of ether oxygens (including phenoxy) is 1. The fourth-order valence-corrected chi connectivity index (χ4v) is 2.56. The molecule has 3 nitrogen and oxygen atoms in total. The summed E-state index contributed by atoms with van der Waals surface area (Å²) in [4.78, 5) is 11.9. The van der Waals surface area contributed by atoms with Crippen LogP contribution in [0.4, 0.5) is 0 Å². The zero-order valence-corrected chi connectivity index (χ0v) is 11.3. The lowest BCUT2D eigenvalue weighted by atomic mass is 9.94. The summed E-state index contributed by atoms with van der Waals surface area (Å²) < 4.78 is 5.32. The van der Waals surface area contributed by atoms with Crippen molar-refractivity contribution in [2.45, 2.75) is 25.7 Å². The van der Waals surface area contributed by atoms with Crippen LogP contribution in [0.15, 0.2) is 18.2 Å². The highest BCUT2D eigenvalue weighted by molar-refractivity contribution is 6.30. The molecular formula is C14H18ClNO2. The zero-order chi connectivity index (χ0) is 13.0. The van der Waals surface area contributed by atoms with Crippen molar-refractivity contribution in [2.24, 2.45) is 5.92 Å². The zero-order valence-electron chi connectivity index (χ0n) is 10.5. The number of methoxy groups -OCH3 is 1. The van der Waals surface area contributed by atoms with Crippen LogP contribution < -0.4 is 10.1 Å². The average molecular weight is 268 g/mol. The van der Waals surface area contributed by atoms with Crippen LogP contribution in [0, 0.1) is 5.92 Å². The van der Waals surface area contributed by atoms with E-state index in [-0.39, 0.29) is 11.8 Å². The number of nitrogens with one attached hydrogen (secondary N) is 1. The van der Waals surface area contributed by atoms with E-state index in [1.807, 2.05) is 12.1 Å². The maximum atomic E-state index is 11.9. The molecule has 4 heteroatoms.